The lowest BCUT2D eigenvalue weighted by Gasteiger charge is -2.35. The van der Waals surface area contributed by atoms with E-state index < -0.39 is 5.60 Å². The molecule has 2 heterocycles. The molecular formula is C13H21N3O2. The highest BCUT2D eigenvalue weighted by atomic mass is 16.5. The number of likely N-dealkylation sites (N-methyl/N-ethyl adjacent to an activating group) is 1. The van der Waals surface area contributed by atoms with Crippen LogP contribution in [0.15, 0.2) is 18.2 Å². The highest BCUT2D eigenvalue weighted by molar-refractivity contribution is 5.28. The number of anilines is 1. The third-order valence-corrected chi connectivity index (χ3v) is 3.25. The number of ether oxygens (including phenoxy) is 1. The van der Waals surface area contributed by atoms with Gasteiger partial charge in [-0.05, 0) is 19.2 Å². The van der Waals surface area contributed by atoms with Crippen LogP contribution >= 0.6 is 0 Å². The van der Waals surface area contributed by atoms with Crippen LogP contribution in [0.3, 0.4) is 0 Å². The fraction of sp³-hybridized carbons (Fsp3) is 0.615. The van der Waals surface area contributed by atoms with Gasteiger partial charge < -0.3 is 15.6 Å². The Hall–Kier alpha value is -1.17. The Labute approximate surface area is 108 Å². The van der Waals surface area contributed by atoms with E-state index >= 15 is 0 Å². The predicted octanol–water partition coefficient (Wildman–Crippen LogP) is 0.637. The number of nitrogens with zero attached hydrogens (tertiary/aromatic N) is 2. The van der Waals surface area contributed by atoms with Gasteiger partial charge in [-0.15, -0.1) is 0 Å². The summed E-state index contributed by atoms with van der Waals surface area (Å²) in [5.41, 5.74) is 5.94. The molecule has 18 heavy (non-hydrogen) atoms. The second kappa shape index (κ2) is 5.65. The maximum absolute atomic E-state index is 10.4. The van der Waals surface area contributed by atoms with Crippen molar-refractivity contribution in [3.8, 4) is 0 Å². The fourth-order valence-corrected chi connectivity index (χ4v) is 2.33. The average molecular weight is 251 g/mol. The van der Waals surface area contributed by atoms with Gasteiger partial charge in [0.1, 0.15) is 5.82 Å². The van der Waals surface area contributed by atoms with E-state index in [1.54, 1.807) is 6.07 Å². The van der Waals surface area contributed by atoms with Gasteiger partial charge in [0.05, 0.1) is 11.3 Å². The highest BCUT2D eigenvalue weighted by Gasteiger charge is 2.30. The van der Waals surface area contributed by atoms with Gasteiger partial charge in [0.2, 0.25) is 0 Å². The third-order valence-electron chi connectivity index (χ3n) is 3.25. The summed E-state index contributed by atoms with van der Waals surface area (Å²) in [6.45, 7) is 2.60. The largest absolute Gasteiger partial charge is 0.388 e. The molecule has 0 spiro atoms. The summed E-state index contributed by atoms with van der Waals surface area (Å²) >= 11 is 0. The van der Waals surface area contributed by atoms with Crippen LogP contribution in [0, 0.1) is 0 Å². The van der Waals surface area contributed by atoms with Gasteiger partial charge in [-0.25, -0.2) is 4.98 Å². The van der Waals surface area contributed by atoms with Gasteiger partial charge in [-0.3, -0.25) is 4.90 Å². The van der Waals surface area contributed by atoms with E-state index in [0.29, 0.717) is 45.0 Å². The molecule has 1 aliphatic heterocycles. The second-order valence-corrected chi connectivity index (χ2v) is 5.06. The minimum absolute atomic E-state index is 0.533. The Morgan fingerprint density at radius 3 is 2.83 bits per heavy atom. The Morgan fingerprint density at radius 2 is 2.17 bits per heavy atom. The van der Waals surface area contributed by atoms with E-state index in [1.807, 2.05) is 19.2 Å². The van der Waals surface area contributed by atoms with Crippen LogP contribution < -0.4 is 5.73 Å². The highest BCUT2D eigenvalue weighted by Crippen LogP contribution is 2.21. The molecule has 5 nitrogen and oxygen atoms in total. The Balaban J connectivity index is 1.90. The maximum atomic E-state index is 10.4. The number of hydrogen-bond acceptors (Lipinski definition) is 5. The molecule has 5 heteroatoms. The molecule has 0 aromatic carbocycles. The van der Waals surface area contributed by atoms with Gasteiger partial charge in [0.25, 0.3) is 0 Å². The molecule has 0 amide bonds. The minimum Gasteiger partial charge on any atom is -0.388 e. The van der Waals surface area contributed by atoms with Crippen LogP contribution in [0.4, 0.5) is 5.82 Å². The van der Waals surface area contributed by atoms with Crippen molar-refractivity contribution in [2.24, 2.45) is 0 Å². The minimum atomic E-state index is -0.632. The van der Waals surface area contributed by atoms with Crippen molar-refractivity contribution in [1.29, 1.82) is 0 Å². The molecule has 0 saturated carbocycles. The molecule has 1 aromatic rings. The molecule has 1 fully saturated rings. The summed E-state index contributed by atoms with van der Waals surface area (Å²) in [6.07, 6.45) is 1.39. The smallest absolute Gasteiger partial charge is 0.123 e. The summed E-state index contributed by atoms with van der Waals surface area (Å²) in [6, 6.07) is 5.62. The molecule has 0 bridgehead atoms. The molecular weight excluding hydrogens is 230 g/mol. The lowest BCUT2D eigenvalue weighted by Crippen LogP contribution is -2.45. The zero-order valence-corrected chi connectivity index (χ0v) is 10.8. The first-order valence-corrected chi connectivity index (χ1v) is 6.27. The number of pyridine rings is 1. The Morgan fingerprint density at radius 1 is 1.44 bits per heavy atom. The van der Waals surface area contributed by atoms with E-state index in [9.17, 15) is 5.11 Å². The zero-order chi connectivity index (χ0) is 13.0. The van der Waals surface area contributed by atoms with E-state index in [2.05, 4.69) is 9.88 Å². The first-order valence-electron chi connectivity index (χ1n) is 6.27. The normalized spacial score (nSPS) is 19.1. The maximum Gasteiger partial charge on any atom is 0.123 e. The lowest BCUT2D eigenvalue weighted by atomic mass is 9.94. The summed E-state index contributed by atoms with van der Waals surface area (Å²) < 4.78 is 5.27. The van der Waals surface area contributed by atoms with Crippen molar-refractivity contribution in [2.45, 2.75) is 25.0 Å². The van der Waals surface area contributed by atoms with Gasteiger partial charge in [0, 0.05) is 39.1 Å². The number of aliphatic hydroxyl groups is 1. The number of rotatable bonds is 4. The SMILES string of the molecule is CN(Cc1cccc(N)n1)CC1(O)CCOCC1. The summed E-state index contributed by atoms with van der Waals surface area (Å²) in [7, 11) is 1.98. The number of nitrogens with two attached hydrogens (primary N) is 1. The molecule has 100 valence electrons. The van der Waals surface area contributed by atoms with Gasteiger partial charge in [-0.1, -0.05) is 6.07 Å². The third kappa shape index (κ3) is 3.66. The van der Waals surface area contributed by atoms with Crippen molar-refractivity contribution in [1.82, 2.24) is 9.88 Å². The Bertz CT molecular complexity index is 392. The van der Waals surface area contributed by atoms with Crippen molar-refractivity contribution in [2.75, 3.05) is 32.5 Å². The molecule has 1 aliphatic rings. The molecule has 0 radical (unpaired) electrons. The molecule has 1 saturated heterocycles. The lowest BCUT2D eigenvalue weighted by molar-refractivity contribution is -0.0778. The molecule has 1 aromatic heterocycles. The van der Waals surface area contributed by atoms with E-state index in [0.717, 1.165) is 5.69 Å². The average Bonchev–Trinajstić information content (AvgIpc) is 2.28. The number of nitrogen functional groups attached to an aromatic ring is 1. The fourth-order valence-electron chi connectivity index (χ4n) is 2.33. The van der Waals surface area contributed by atoms with Gasteiger partial charge in [-0.2, -0.15) is 0 Å². The summed E-state index contributed by atoms with van der Waals surface area (Å²) in [5, 5.41) is 10.4. The summed E-state index contributed by atoms with van der Waals surface area (Å²) in [5.74, 6) is 0.533. The van der Waals surface area contributed by atoms with Crippen LogP contribution in [0.2, 0.25) is 0 Å². The zero-order valence-electron chi connectivity index (χ0n) is 10.8. The molecule has 0 unspecified atom stereocenters. The van der Waals surface area contributed by atoms with Gasteiger partial charge >= 0.3 is 0 Å². The molecule has 0 aliphatic carbocycles. The van der Waals surface area contributed by atoms with Crippen LogP contribution in [0.5, 0.6) is 0 Å². The summed E-state index contributed by atoms with van der Waals surface area (Å²) in [4.78, 5) is 6.34. The molecule has 0 atom stereocenters. The van der Waals surface area contributed by atoms with Crippen molar-refractivity contribution >= 4 is 5.82 Å². The quantitative estimate of drug-likeness (QED) is 0.821. The van der Waals surface area contributed by atoms with Gasteiger partial charge in [0.15, 0.2) is 0 Å². The van der Waals surface area contributed by atoms with Crippen molar-refractivity contribution in [3.63, 3.8) is 0 Å². The number of hydrogen-bond donors (Lipinski definition) is 2. The standard InChI is InChI=1S/C13H21N3O2/c1-16(9-11-3-2-4-12(14)15-11)10-13(17)5-7-18-8-6-13/h2-4,17H,5-10H2,1H3,(H2,14,15). The van der Waals surface area contributed by atoms with Crippen molar-refractivity contribution in [3.05, 3.63) is 23.9 Å². The van der Waals surface area contributed by atoms with Crippen LogP contribution in [0.1, 0.15) is 18.5 Å². The molecule has 2 rings (SSSR count). The molecule has 3 N–H and O–H groups in total. The number of aromatic nitrogens is 1. The van der Waals surface area contributed by atoms with Crippen LogP contribution in [-0.4, -0.2) is 47.4 Å². The first-order chi connectivity index (χ1) is 8.57. The first kappa shape index (κ1) is 13.3. The van der Waals surface area contributed by atoms with Crippen LogP contribution in [-0.2, 0) is 11.3 Å². The van der Waals surface area contributed by atoms with E-state index in [-0.39, 0.29) is 0 Å². The Kier molecular flexibility index (Phi) is 4.16. The van der Waals surface area contributed by atoms with E-state index in [4.69, 9.17) is 10.5 Å². The topological polar surface area (TPSA) is 71.6 Å². The monoisotopic (exact) mass is 251 g/mol. The van der Waals surface area contributed by atoms with Crippen molar-refractivity contribution < 1.29 is 9.84 Å². The van der Waals surface area contributed by atoms with Crippen LogP contribution in [0.25, 0.3) is 0 Å². The second-order valence-electron chi connectivity index (χ2n) is 5.06. The van der Waals surface area contributed by atoms with E-state index in [1.165, 1.54) is 0 Å². The predicted molar refractivity (Wildman–Crippen MR) is 70.0 cm³/mol.